The predicted molar refractivity (Wildman–Crippen MR) is 90.6 cm³/mol. The lowest BCUT2D eigenvalue weighted by Crippen LogP contribution is -2.18. The molecule has 0 saturated heterocycles. The standard InChI is InChI=1S/C18H25N3/c1-12-4-3-5-14(7-6-12)21-18-9-8-17(19)16-11-20-13(2)10-15(16)18/h8-12,14,21H,3-7,19H2,1-2H3. The van der Waals surface area contributed by atoms with Crippen molar-refractivity contribution < 1.29 is 0 Å². The maximum atomic E-state index is 6.08. The van der Waals surface area contributed by atoms with Crippen LogP contribution in [0.1, 0.15) is 44.7 Å². The number of nitrogens with zero attached hydrogens (tertiary/aromatic N) is 1. The third-order valence-electron chi connectivity index (χ3n) is 4.69. The lowest BCUT2D eigenvalue weighted by molar-refractivity contribution is 0.502. The second kappa shape index (κ2) is 5.92. The number of nitrogens with one attached hydrogen (secondary N) is 1. The molecular weight excluding hydrogens is 258 g/mol. The molecule has 1 heterocycles. The van der Waals surface area contributed by atoms with Crippen molar-refractivity contribution in [2.45, 2.75) is 52.0 Å². The van der Waals surface area contributed by atoms with Gasteiger partial charge in [-0.25, -0.2) is 0 Å². The first-order chi connectivity index (χ1) is 10.1. The lowest BCUT2D eigenvalue weighted by Gasteiger charge is -2.20. The largest absolute Gasteiger partial charge is 0.398 e. The molecule has 0 spiro atoms. The molecule has 2 atom stereocenters. The number of nitrogen functional groups attached to an aromatic ring is 1. The summed E-state index contributed by atoms with van der Waals surface area (Å²) in [5.41, 5.74) is 9.12. The zero-order valence-electron chi connectivity index (χ0n) is 13.0. The number of hydrogen-bond acceptors (Lipinski definition) is 3. The number of aryl methyl sites for hydroxylation is 1. The summed E-state index contributed by atoms with van der Waals surface area (Å²) in [6.07, 6.45) is 8.43. The zero-order chi connectivity index (χ0) is 14.8. The van der Waals surface area contributed by atoms with Crippen LogP contribution in [0.4, 0.5) is 11.4 Å². The smallest absolute Gasteiger partial charge is 0.0424 e. The molecule has 112 valence electrons. The van der Waals surface area contributed by atoms with Crippen LogP contribution in [0, 0.1) is 12.8 Å². The highest BCUT2D eigenvalue weighted by molar-refractivity contribution is 6.00. The number of fused-ring (bicyclic) bond motifs is 1. The van der Waals surface area contributed by atoms with Gasteiger partial charge in [-0.1, -0.05) is 19.8 Å². The van der Waals surface area contributed by atoms with E-state index in [9.17, 15) is 0 Å². The van der Waals surface area contributed by atoms with E-state index in [1.54, 1.807) is 0 Å². The van der Waals surface area contributed by atoms with Crippen molar-refractivity contribution >= 4 is 22.1 Å². The van der Waals surface area contributed by atoms with E-state index < -0.39 is 0 Å². The minimum Gasteiger partial charge on any atom is -0.398 e. The molecular formula is C18H25N3. The Bertz CT molecular complexity index is 636. The van der Waals surface area contributed by atoms with Crippen LogP contribution < -0.4 is 11.1 Å². The van der Waals surface area contributed by atoms with Gasteiger partial charge in [-0.2, -0.15) is 0 Å². The number of anilines is 2. The Labute approximate surface area is 127 Å². The van der Waals surface area contributed by atoms with E-state index in [1.807, 2.05) is 19.2 Å². The SMILES string of the molecule is Cc1cc2c(NC3CCCC(C)CC3)ccc(N)c2cn1. The molecule has 1 aliphatic carbocycles. The van der Waals surface area contributed by atoms with Crippen LogP contribution in [-0.4, -0.2) is 11.0 Å². The second-order valence-electron chi connectivity index (χ2n) is 6.53. The van der Waals surface area contributed by atoms with Crippen LogP contribution in [0.5, 0.6) is 0 Å². The van der Waals surface area contributed by atoms with Crippen molar-refractivity contribution in [2.75, 3.05) is 11.1 Å². The number of pyridine rings is 1. The molecule has 1 saturated carbocycles. The fourth-order valence-corrected chi connectivity index (χ4v) is 3.34. The maximum absolute atomic E-state index is 6.08. The average molecular weight is 283 g/mol. The Balaban J connectivity index is 1.90. The quantitative estimate of drug-likeness (QED) is 0.630. The summed E-state index contributed by atoms with van der Waals surface area (Å²) in [5.74, 6) is 0.867. The van der Waals surface area contributed by atoms with E-state index in [0.29, 0.717) is 6.04 Å². The van der Waals surface area contributed by atoms with Crippen molar-refractivity contribution in [3.05, 3.63) is 30.1 Å². The summed E-state index contributed by atoms with van der Waals surface area (Å²) >= 11 is 0. The fourth-order valence-electron chi connectivity index (χ4n) is 3.34. The van der Waals surface area contributed by atoms with Crippen molar-refractivity contribution in [1.82, 2.24) is 4.98 Å². The minimum absolute atomic E-state index is 0.579. The molecule has 3 N–H and O–H groups in total. The van der Waals surface area contributed by atoms with E-state index in [-0.39, 0.29) is 0 Å². The molecule has 2 unspecified atom stereocenters. The summed E-state index contributed by atoms with van der Waals surface area (Å²) in [6.45, 7) is 4.40. The van der Waals surface area contributed by atoms with E-state index in [4.69, 9.17) is 5.73 Å². The van der Waals surface area contributed by atoms with Gasteiger partial charge >= 0.3 is 0 Å². The Hall–Kier alpha value is -1.77. The summed E-state index contributed by atoms with van der Waals surface area (Å²) in [5, 5.41) is 6.00. The summed E-state index contributed by atoms with van der Waals surface area (Å²) in [7, 11) is 0. The van der Waals surface area contributed by atoms with Gasteiger partial charge in [0.2, 0.25) is 0 Å². The zero-order valence-corrected chi connectivity index (χ0v) is 13.0. The lowest BCUT2D eigenvalue weighted by atomic mass is 10.0. The van der Waals surface area contributed by atoms with Crippen molar-refractivity contribution in [1.29, 1.82) is 0 Å². The van der Waals surface area contributed by atoms with Crippen LogP contribution in [-0.2, 0) is 0 Å². The Morgan fingerprint density at radius 3 is 2.86 bits per heavy atom. The van der Waals surface area contributed by atoms with E-state index in [2.05, 4.69) is 29.4 Å². The number of nitrogens with two attached hydrogens (primary N) is 1. The maximum Gasteiger partial charge on any atom is 0.0424 e. The molecule has 2 aromatic rings. The molecule has 1 fully saturated rings. The van der Waals surface area contributed by atoms with Gasteiger partial charge in [-0.3, -0.25) is 4.98 Å². The molecule has 0 amide bonds. The molecule has 21 heavy (non-hydrogen) atoms. The van der Waals surface area contributed by atoms with Gasteiger partial charge in [-0.15, -0.1) is 0 Å². The van der Waals surface area contributed by atoms with Gasteiger partial charge in [0, 0.05) is 40.1 Å². The molecule has 0 bridgehead atoms. The van der Waals surface area contributed by atoms with Gasteiger partial charge in [0.15, 0.2) is 0 Å². The normalized spacial score (nSPS) is 23.0. The van der Waals surface area contributed by atoms with Crippen LogP contribution in [0.2, 0.25) is 0 Å². The van der Waals surface area contributed by atoms with E-state index in [1.165, 1.54) is 43.2 Å². The number of rotatable bonds is 2. The number of benzene rings is 1. The Morgan fingerprint density at radius 1 is 1.14 bits per heavy atom. The van der Waals surface area contributed by atoms with E-state index >= 15 is 0 Å². The van der Waals surface area contributed by atoms with Gasteiger partial charge < -0.3 is 11.1 Å². The summed E-state index contributed by atoms with van der Waals surface area (Å²) in [6, 6.07) is 6.81. The van der Waals surface area contributed by atoms with Crippen LogP contribution in [0.25, 0.3) is 10.8 Å². The molecule has 1 aliphatic rings. The molecule has 1 aromatic carbocycles. The molecule has 3 heteroatoms. The van der Waals surface area contributed by atoms with Crippen LogP contribution >= 0.6 is 0 Å². The Kier molecular flexibility index (Phi) is 4.00. The van der Waals surface area contributed by atoms with Crippen molar-refractivity contribution in [3.63, 3.8) is 0 Å². The predicted octanol–water partition coefficient (Wildman–Crippen LogP) is 4.51. The van der Waals surface area contributed by atoms with Gasteiger partial charge in [0.25, 0.3) is 0 Å². The van der Waals surface area contributed by atoms with Crippen LogP contribution in [0.3, 0.4) is 0 Å². The van der Waals surface area contributed by atoms with Crippen molar-refractivity contribution in [2.24, 2.45) is 5.92 Å². The monoisotopic (exact) mass is 283 g/mol. The molecule has 1 aromatic heterocycles. The fraction of sp³-hybridized carbons (Fsp3) is 0.500. The third-order valence-corrected chi connectivity index (χ3v) is 4.69. The second-order valence-corrected chi connectivity index (χ2v) is 6.53. The molecule has 3 nitrogen and oxygen atoms in total. The third kappa shape index (κ3) is 3.12. The van der Waals surface area contributed by atoms with Crippen molar-refractivity contribution in [3.8, 4) is 0 Å². The van der Waals surface area contributed by atoms with Crippen LogP contribution in [0.15, 0.2) is 24.4 Å². The first-order valence-electron chi connectivity index (χ1n) is 8.05. The van der Waals surface area contributed by atoms with E-state index in [0.717, 1.165) is 22.7 Å². The Morgan fingerprint density at radius 2 is 2.00 bits per heavy atom. The van der Waals surface area contributed by atoms with Gasteiger partial charge in [-0.05, 0) is 50.3 Å². The topological polar surface area (TPSA) is 50.9 Å². The first-order valence-corrected chi connectivity index (χ1v) is 8.05. The molecule has 0 aliphatic heterocycles. The highest BCUT2D eigenvalue weighted by Crippen LogP contribution is 2.31. The number of aromatic nitrogens is 1. The molecule has 0 radical (unpaired) electrons. The minimum atomic E-state index is 0.579. The number of hydrogen-bond donors (Lipinski definition) is 2. The average Bonchev–Trinajstić information content (AvgIpc) is 2.67. The van der Waals surface area contributed by atoms with Gasteiger partial charge in [0.05, 0.1) is 0 Å². The first kappa shape index (κ1) is 14.2. The highest BCUT2D eigenvalue weighted by atomic mass is 14.9. The highest BCUT2D eigenvalue weighted by Gasteiger charge is 2.17. The summed E-state index contributed by atoms with van der Waals surface area (Å²) < 4.78 is 0. The summed E-state index contributed by atoms with van der Waals surface area (Å²) in [4.78, 5) is 4.37. The molecule has 3 rings (SSSR count). The van der Waals surface area contributed by atoms with Gasteiger partial charge in [0.1, 0.15) is 0 Å².